The molecule has 1 fully saturated rings. The highest BCUT2D eigenvalue weighted by Gasteiger charge is 2.19. The summed E-state index contributed by atoms with van der Waals surface area (Å²) in [6.07, 6.45) is 4.74. The second-order valence-electron chi connectivity index (χ2n) is 3.60. The van der Waals surface area contributed by atoms with E-state index in [4.69, 9.17) is 14.4 Å². The Kier molecular flexibility index (Phi) is 2.77. The average molecular weight is 207 g/mol. The van der Waals surface area contributed by atoms with Gasteiger partial charge in [-0.1, -0.05) is 12.8 Å². The topological polar surface area (TPSA) is 71.1 Å². The lowest BCUT2D eigenvalue weighted by atomic mass is 10.3. The maximum absolute atomic E-state index is 8.74. The van der Waals surface area contributed by atoms with Gasteiger partial charge in [-0.05, 0) is 12.8 Å². The molecule has 1 saturated carbocycles. The van der Waals surface area contributed by atoms with Crippen molar-refractivity contribution in [3.63, 3.8) is 0 Å². The van der Waals surface area contributed by atoms with Gasteiger partial charge in [0.1, 0.15) is 6.07 Å². The van der Waals surface area contributed by atoms with Crippen LogP contribution in [0.4, 0.5) is 6.01 Å². The van der Waals surface area contributed by atoms with Crippen LogP contribution in [0.25, 0.3) is 0 Å². The number of methoxy groups -OCH3 is 1. The maximum atomic E-state index is 8.74. The molecule has 1 aromatic rings. The molecule has 0 aliphatic heterocycles. The van der Waals surface area contributed by atoms with E-state index in [1.165, 1.54) is 20.0 Å². The first-order valence-electron chi connectivity index (χ1n) is 5.05. The lowest BCUT2D eigenvalue weighted by molar-refractivity contribution is 0.307. The minimum atomic E-state index is 0.179. The number of nitriles is 1. The molecule has 80 valence electrons. The molecule has 1 heterocycles. The second-order valence-corrected chi connectivity index (χ2v) is 3.60. The molecule has 5 heteroatoms. The Morgan fingerprint density at radius 2 is 2.27 bits per heavy atom. The normalized spacial score (nSPS) is 16.3. The van der Waals surface area contributed by atoms with Crippen molar-refractivity contribution < 1.29 is 9.15 Å². The van der Waals surface area contributed by atoms with Crippen LogP contribution < -0.4 is 10.1 Å². The van der Waals surface area contributed by atoms with Gasteiger partial charge >= 0.3 is 5.95 Å². The summed E-state index contributed by atoms with van der Waals surface area (Å²) < 4.78 is 10.1. The zero-order chi connectivity index (χ0) is 10.7. The van der Waals surface area contributed by atoms with E-state index in [0.29, 0.717) is 12.1 Å². The molecule has 0 bridgehead atoms. The van der Waals surface area contributed by atoms with Gasteiger partial charge in [0.25, 0.3) is 6.01 Å². The Balaban J connectivity index is 2.08. The third-order valence-electron chi connectivity index (χ3n) is 2.57. The largest absolute Gasteiger partial charge is 0.466 e. The molecule has 5 nitrogen and oxygen atoms in total. The number of ether oxygens (including phenoxy) is 1. The molecule has 1 aliphatic carbocycles. The van der Waals surface area contributed by atoms with Gasteiger partial charge in [0.05, 0.1) is 7.11 Å². The number of hydrogen-bond donors (Lipinski definition) is 1. The standard InChI is InChI=1S/C10H13N3O2/c1-14-9-8(6-11)13-10(15-9)12-7-4-2-3-5-7/h7H,2-5H2,1H3,(H,12,13). The van der Waals surface area contributed by atoms with E-state index in [1.54, 1.807) is 0 Å². The first-order valence-corrected chi connectivity index (χ1v) is 5.05. The lowest BCUT2D eigenvalue weighted by Gasteiger charge is -2.07. The van der Waals surface area contributed by atoms with Crippen molar-refractivity contribution in [2.45, 2.75) is 31.7 Å². The lowest BCUT2D eigenvalue weighted by Crippen LogP contribution is -2.14. The second kappa shape index (κ2) is 4.22. The van der Waals surface area contributed by atoms with Gasteiger partial charge in [0.15, 0.2) is 0 Å². The summed E-state index contributed by atoms with van der Waals surface area (Å²) in [7, 11) is 1.46. The zero-order valence-corrected chi connectivity index (χ0v) is 8.62. The Morgan fingerprint density at radius 3 is 2.80 bits per heavy atom. The van der Waals surface area contributed by atoms with E-state index in [9.17, 15) is 0 Å². The number of rotatable bonds is 3. The van der Waals surface area contributed by atoms with Gasteiger partial charge in [-0.3, -0.25) is 0 Å². The third kappa shape index (κ3) is 2.04. The monoisotopic (exact) mass is 207 g/mol. The summed E-state index contributed by atoms with van der Waals surface area (Å²) in [5.74, 6) is 0.179. The van der Waals surface area contributed by atoms with E-state index < -0.39 is 0 Å². The van der Waals surface area contributed by atoms with E-state index in [2.05, 4.69) is 10.3 Å². The van der Waals surface area contributed by atoms with Crippen molar-refractivity contribution in [3.05, 3.63) is 5.69 Å². The Bertz CT molecular complexity index is 375. The molecule has 2 rings (SSSR count). The first-order chi connectivity index (χ1) is 7.33. The van der Waals surface area contributed by atoms with Crippen LogP contribution in [0, 0.1) is 11.3 Å². The SMILES string of the molecule is COc1oc(NC2CCCC2)nc1C#N. The van der Waals surface area contributed by atoms with Crippen molar-refractivity contribution in [3.8, 4) is 12.0 Å². The van der Waals surface area contributed by atoms with Crippen LogP contribution in [0.2, 0.25) is 0 Å². The maximum Gasteiger partial charge on any atom is 0.325 e. The molecule has 1 aliphatic rings. The van der Waals surface area contributed by atoms with Gasteiger partial charge in [-0.2, -0.15) is 10.2 Å². The summed E-state index contributed by atoms with van der Waals surface area (Å²) in [6, 6.07) is 2.72. The number of oxazole rings is 1. The first kappa shape index (κ1) is 9.84. The molecule has 0 amide bonds. The molecule has 0 saturated heterocycles. The third-order valence-corrected chi connectivity index (χ3v) is 2.57. The van der Waals surface area contributed by atoms with Crippen molar-refractivity contribution in [2.75, 3.05) is 12.4 Å². The van der Waals surface area contributed by atoms with Crippen LogP contribution >= 0.6 is 0 Å². The highest BCUT2D eigenvalue weighted by molar-refractivity contribution is 5.37. The fourth-order valence-electron chi connectivity index (χ4n) is 1.82. The summed E-state index contributed by atoms with van der Waals surface area (Å²) >= 11 is 0. The van der Waals surface area contributed by atoms with Crippen molar-refractivity contribution in [1.82, 2.24) is 4.98 Å². The average Bonchev–Trinajstić information content (AvgIpc) is 2.87. The van der Waals surface area contributed by atoms with Crippen LogP contribution in [0.15, 0.2) is 4.42 Å². The molecular formula is C10H13N3O2. The minimum Gasteiger partial charge on any atom is -0.466 e. The smallest absolute Gasteiger partial charge is 0.325 e. The Labute approximate surface area is 88.1 Å². The number of aromatic nitrogens is 1. The highest BCUT2D eigenvalue weighted by atomic mass is 16.6. The van der Waals surface area contributed by atoms with Gasteiger partial charge < -0.3 is 14.5 Å². The highest BCUT2D eigenvalue weighted by Crippen LogP contribution is 2.26. The fraction of sp³-hybridized carbons (Fsp3) is 0.600. The number of nitrogens with one attached hydrogen (secondary N) is 1. The predicted molar refractivity (Wildman–Crippen MR) is 53.6 cm³/mol. The summed E-state index contributed by atoms with van der Waals surface area (Å²) in [5, 5.41) is 11.9. The van der Waals surface area contributed by atoms with E-state index in [0.717, 1.165) is 12.8 Å². The van der Waals surface area contributed by atoms with Gasteiger partial charge in [0.2, 0.25) is 5.69 Å². The van der Waals surface area contributed by atoms with Crippen LogP contribution in [0.5, 0.6) is 5.95 Å². The Morgan fingerprint density at radius 1 is 1.53 bits per heavy atom. The van der Waals surface area contributed by atoms with Crippen molar-refractivity contribution >= 4 is 6.01 Å². The molecular weight excluding hydrogens is 194 g/mol. The zero-order valence-electron chi connectivity index (χ0n) is 8.62. The molecule has 1 N–H and O–H groups in total. The van der Waals surface area contributed by atoms with E-state index >= 15 is 0 Å². The van der Waals surface area contributed by atoms with Gasteiger partial charge in [-0.15, -0.1) is 0 Å². The number of nitrogens with zero attached hydrogens (tertiary/aromatic N) is 2. The molecule has 15 heavy (non-hydrogen) atoms. The minimum absolute atomic E-state index is 0.179. The van der Waals surface area contributed by atoms with Crippen LogP contribution in [-0.2, 0) is 0 Å². The van der Waals surface area contributed by atoms with E-state index in [-0.39, 0.29) is 11.6 Å². The molecule has 0 spiro atoms. The summed E-state index contributed by atoms with van der Waals surface area (Å²) in [4.78, 5) is 4.00. The fourth-order valence-corrected chi connectivity index (χ4v) is 1.82. The molecule has 0 radical (unpaired) electrons. The molecule has 0 unspecified atom stereocenters. The van der Waals surface area contributed by atoms with Crippen LogP contribution in [-0.4, -0.2) is 18.1 Å². The van der Waals surface area contributed by atoms with Crippen LogP contribution in [0.1, 0.15) is 31.4 Å². The molecule has 1 aromatic heterocycles. The molecule has 0 atom stereocenters. The Hall–Kier alpha value is -1.70. The van der Waals surface area contributed by atoms with Crippen molar-refractivity contribution in [1.29, 1.82) is 5.26 Å². The van der Waals surface area contributed by atoms with Crippen molar-refractivity contribution in [2.24, 2.45) is 0 Å². The number of anilines is 1. The molecule has 0 aromatic carbocycles. The number of hydrogen-bond acceptors (Lipinski definition) is 5. The summed E-state index contributed by atoms with van der Waals surface area (Å²) in [5.41, 5.74) is 0.193. The van der Waals surface area contributed by atoms with Gasteiger partial charge in [-0.25, -0.2) is 0 Å². The summed E-state index contributed by atoms with van der Waals surface area (Å²) in [6.45, 7) is 0. The van der Waals surface area contributed by atoms with E-state index in [1.807, 2.05) is 6.07 Å². The van der Waals surface area contributed by atoms with Crippen LogP contribution in [0.3, 0.4) is 0 Å². The predicted octanol–water partition coefficient (Wildman–Crippen LogP) is 1.91. The van der Waals surface area contributed by atoms with Gasteiger partial charge in [0, 0.05) is 6.04 Å². The quantitative estimate of drug-likeness (QED) is 0.819.